The monoisotopic (exact) mass is 397 g/mol. The fourth-order valence-corrected chi connectivity index (χ4v) is 3.00. The number of aromatic nitrogens is 2. The topological polar surface area (TPSA) is 65.4 Å². The lowest BCUT2D eigenvalue weighted by Crippen LogP contribution is -2.29. The van der Waals surface area contributed by atoms with Crippen molar-refractivity contribution in [2.24, 2.45) is 0 Å². The number of alkyl halides is 3. The quantitative estimate of drug-likeness (QED) is 0.743. The van der Waals surface area contributed by atoms with Crippen LogP contribution >= 0.6 is 0 Å². The summed E-state index contributed by atoms with van der Waals surface area (Å²) in [7, 11) is 3.04. The maximum atomic E-state index is 12.9. The molecule has 0 bridgehead atoms. The van der Waals surface area contributed by atoms with Gasteiger partial charge in [-0.25, -0.2) is 0 Å². The van der Waals surface area contributed by atoms with E-state index in [1.165, 1.54) is 18.9 Å². The molecule has 0 unspecified atom stereocenters. The number of halogens is 3. The van der Waals surface area contributed by atoms with Gasteiger partial charge in [0, 0.05) is 18.2 Å². The molecule has 1 aliphatic rings. The number of hydrogen-bond donors (Lipinski definition) is 1. The van der Waals surface area contributed by atoms with Crippen LogP contribution in [0.1, 0.15) is 35.7 Å². The van der Waals surface area contributed by atoms with Crippen LogP contribution in [0.15, 0.2) is 24.3 Å². The molecule has 0 aliphatic heterocycles. The lowest BCUT2D eigenvalue weighted by molar-refractivity contribution is -0.141. The minimum absolute atomic E-state index is 0.128. The molecule has 152 valence electrons. The predicted molar refractivity (Wildman–Crippen MR) is 95.5 cm³/mol. The van der Waals surface area contributed by atoms with Crippen molar-refractivity contribution in [2.45, 2.75) is 37.9 Å². The van der Waals surface area contributed by atoms with Crippen molar-refractivity contribution in [3.63, 3.8) is 0 Å². The second-order valence-corrected chi connectivity index (χ2v) is 6.67. The SMILES string of the molecule is COc1ccc(CC(=O)NCCn2nc(C(F)(F)F)cc2C2CC2)cc1OC. The molecule has 2 aromatic rings. The molecule has 0 saturated heterocycles. The molecular weight excluding hydrogens is 375 g/mol. The van der Waals surface area contributed by atoms with E-state index < -0.39 is 11.9 Å². The summed E-state index contributed by atoms with van der Waals surface area (Å²) in [5.41, 5.74) is 0.444. The highest BCUT2D eigenvalue weighted by Crippen LogP contribution is 2.42. The Balaban J connectivity index is 1.56. The second kappa shape index (κ2) is 8.12. The van der Waals surface area contributed by atoms with Gasteiger partial charge in [0.2, 0.25) is 5.91 Å². The summed E-state index contributed by atoms with van der Waals surface area (Å²) in [6.45, 7) is 0.393. The van der Waals surface area contributed by atoms with E-state index in [0.29, 0.717) is 17.2 Å². The average molecular weight is 397 g/mol. The fourth-order valence-electron chi connectivity index (χ4n) is 3.00. The Bertz CT molecular complexity index is 845. The first kappa shape index (κ1) is 20.0. The Hall–Kier alpha value is -2.71. The summed E-state index contributed by atoms with van der Waals surface area (Å²) < 4.78 is 50.4. The average Bonchev–Trinajstić information content (AvgIpc) is 3.40. The standard InChI is InChI=1S/C19H22F3N3O3/c1-27-15-6-3-12(9-16(15)28-2)10-18(26)23-7-8-25-14(13-4-5-13)11-17(24-25)19(20,21)22/h3,6,9,11,13H,4-5,7-8,10H2,1-2H3,(H,23,26). The highest BCUT2D eigenvalue weighted by atomic mass is 19.4. The number of carbonyl (C=O) groups is 1. The highest BCUT2D eigenvalue weighted by molar-refractivity contribution is 5.78. The Labute approximate surface area is 160 Å². The van der Waals surface area contributed by atoms with Gasteiger partial charge < -0.3 is 14.8 Å². The van der Waals surface area contributed by atoms with E-state index in [1.807, 2.05) is 0 Å². The Morgan fingerprint density at radius 1 is 1.21 bits per heavy atom. The molecule has 9 heteroatoms. The van der Waals surface area contributed by atoms with Crippen molar-refractivity contribution in [3.8, 4) is 11.5 Å². The molecule has 0 radical (unpaired) electrons. The number of nitrogens with one attached hydrogen (secondary N) is 1. The molecule has 6 nitrogen and oxygen atoms in total. The molecule has 1 aromatic carbocycles. The van der Waals surface area contributed by atoms with Crippen LogP contribution in [-0.4, -0.2) is 36.5 Å². The zero-order valence-electron chi connectivity index (χ0n) is 15.7. The van der Waals surface area contributed by atoms with Crippen LogP contribution in [0.4, 0.5) is 13.2 Å². The number of amides is 1. The number of benzene rings is 1. The molecule has 0 spiro atoms. The van der Waals surface area contributed by atoms with E-state index in [2.05, 4.69) is 10.4 Å². The van der Waals surface area contributed by atoms with Gasteiger partial charge in [0.1, 0.15) is 0 Å². The van der Waals surface area contributed by atoms with Crippen molar-refractivity contribution in [2.75, 3.05) is 20.8 Å². The lowest BCUT2D eigenvalue weighted by Gasteiger charge is -2.11. The van der Waals surface area contributed by atoms with Crippen LogP contribution in [-0.2, 0) is 23.9 Å². The minimum Gasteiger partial charge on any atom is -0.493 e. The molecule has 1 N–H and O–H groups in total. The first-order valence-corrected chi connectivity index (χ1v) is 8.94. The minimum atomic E-state index is -4.47. The van der Waals surface area contributed by atoms with Gasteiger partial charge in [-0.05, 0) is 36.6 Å². The normalized spacial score (nSPS) is 14.0. The second-order valence-electron chi connectivity index (χ2n) is 6.67. The fraction of sp³-hybridized carbons (Fsp3) is 0.474. The summed E-state index contributed by atoms with van der Waals surface area (Å²) in [6.07, 6.45) is -2.60. The van der Waals surface area contributed by atoms with Gasteiger partial charge >= 0.3 is 6.18 Å². The van der Waals surface area contributed by atoms with E-state index in [9.17, 15) is 18.0 Å². The third-order valence-corrected chi connectivity index (χ3v) is 4.56. The molecule has 1 saturated carbocycles. The van der Waals surface area contributed by atoms with E-state index in [1.54, 1.807) is 18.2 Å². The van der Waals surface area contributed by atoms with E-state index in [0.717, 1.165) is 24.5 Å². The Morgan fingerprint density at radius 3 is 2.54 bits per heavy atom. The number of ether oxygens (including phenoxy) is 2. The van der Waals surface area contributed by atoms with Crippen LogP contribution in [0.3, 0.4) is 0 Å². The van der Waals surface area contributed by atoms with Gasteiger partial charge in [-0.1, -0.05) is 6.07 Å². The van der Waals surface area contributed by atoms with Gasteiger partial charge in [0.25, 0.3) is 0 Å². The zero-order valence-corrected chi connectivity index (χ0v) is 15.7. The maximum Gasteiger partial charge on any atom is 0.435 e. The van der Waals surface area contributed by atoms with Crippen molar-refractivity contribution in [3.05, 3.63) is 41.2 Å². The molecule has 1 amide bonds. The van der Waals surface area contributed by atoms with E-state index >= 15 is 0 Å². The predicted octanol–water partition coefficient (Wildman–Crippen LogP) is 3.16. The van der Waals surface area contributed by atoms with Crippen LogP contribution in [0.25, 0.3) is 0 Å². The van der Waals surface area contributed by atoms with Crippen molar-refractivity contribution >= 4 is 5.91 Å². The number of rotatable bonds is 8. The molecule has 1 fully saturated rings. The molecule has 1 aromatic heterocycles. The first-order chi connectivity index (χ1) is 13.3. The summed E-state index contributed by atoms with van der Waals surface area (Å²) >= 11 is 0. The van der Waals surface area contributed by atoms with Gasteiger partial charge in [0.15, 0.2) is 17.2 Å². The first-order valence-electron chi connectivity index (χ1n) is 8.94. The zero-order chi connectivity index (χ0) is 20.3. The van der Waals surface area contributed by atoms with Gasteiger partial charge in [-0.3, -0.25) is 9.48 Å². The summed E-state index contributed by atoms with van der Waals surface area (Å²) in [5.74, 6) is 0.992. The molecular formula is C19H22F3N3O3. The van der Waals surface area contributed by atoms with Crippen molar-refractivity contribution < 1.29 is 27.4 Å². The van der Waals surface area contributed by atoms with Crippen LogP contribution in [0.2, 0.25) is 0 Å². The molecule has 0 atom stereocenters. The van der Waals surface area contributed by atoms with Gasteiger partial charge in [-0.15, -0.1) is 0 Å². The molecule has 1 aliphatic carbocycles. The van der Waals surface area contributed by atoms with E-state index in [-0.39, 0.29) is 31.3 Å². The smallest absolute Gasteiger partial charge is 0.435 e. The summed E-state index contributed by atoms with van der Waals surface area (Å²) in [5, 5.41) is 6.40. The molecule has 28 heavy (non-hydrogen) atoms. The summed E-state index contributed by atoms with van der Waals surface area (Å²) in [4.78, 5) is 12.2. The number of nitrogens with zero attached hydrogens (tertiary/aromatic N) is 2. The van der Waals surface area contributed by atoms with Gasteiger partial charge in [-0.2, -0.15) is 18.3 Å². The number of hydrogen-bond acceptors (Lipinski definition) is 4. The third kappa shape index (κ3) is 4.76. The Morgan fingerprint density at radius 2 is 1.93 bits per heavy atom. The van der Waals surface area contributed by atoms with Crippen molar-refractivity contribution in [1.82, 2.24) is 15.1 Å². The Kier molecular flexibility index (Phi) is 5.81. The van der Waals surface area contributed by atoms with Gasteiger partial charge in [0.05, 0.1) is 27.2 Å². The van der Waals surface area contributed by atoms with Crippen LogP contribution in [0, 0.1) is 0 Å². The molecule has 1 heterocycles. The largest absolute Gasteiger partial charge is 0.493 e. The molecule has 3 rings (SSSR count). The maximum absolute atomic E-state index is 12.9. The number of methoxy groups -OCH3 is 2. The highest BCUT2D eigenvalue weighted by Gasteiger charge is 2.37. The summed E-state index contributed by atoms with van der Waals surface area (Å²) in [6, 6.07) is 6.30. The third-order valence-electron chi connectivity index (χ3n) is 4.56. The van der Waals surface area contributed by atoms with E-state index in [4.69, 9.17) is 9.47 Å². The van der Waals surface area contributed by atoms with Crippen LogP contribution in [0.5, 0.6) is 11.5 Å². The number of carbonyl (C=O) groups excluding carboxylic acids is 1. The lowest BCUT2D eigenvalue weighted by atomic mass is 10.1. The van der Waals surface area contributed by atoms with Crippen LogP contribution < -0.4 is 14.8 Å². The van der Waals surface area contributed by atoms with Crippen molar-refractivity contribution in [1.29, 1.82) is 0 Å².